The second kappa shape index (κ2) is 12.2. The SMILES string of the molecule is O=C(O)CCCCCCCc1ccc(CCNC(=O)c2ccc(Cl)cc2)cc1. The number of halogens is 1. The third kappa shape index (κ3) is 8.57. The van der Waals surface area contributed by atoms with Crippen molar-refractivity contribution in [2.24, 2.45) is 0 Å². The molecule has 0 heterocycles. The molecule has 0 spiro atoms. The Kier molecular flexibility index (Phi) is 9.56. The zero-order valence-electron chi connectivity index (χ0n) is 16.1. The highest BCUT2D eigenvalue weighted by atomic mass is 35.5. The van der Waals surface area contributed by atoms with E-state index in [2.05, 4.69) is 29.6 Å². The van der Waals surface area contributed by atoms with Crippen molar-refractivity contribution in [1.82, 2.24) is 5.32 Å². The van der Waals surface area contributed by atoms with Gasteiger partial charge in [-0.2, -0.15) is 0 Å². The summed E-state index contributed by atoms with van der Waals surface area (Å²) in [6.45, 7) is 0.594. The van der Waals surface area contributed by atoms with E-state index in [0.29, 0.717) is 17.1 Å². The molecule has 0 fully saturated rings. The van der Waals surface area contributed by atoms with Gasteiger partial charge in [0, 0.05) is 23.6 Å². The lowest BCUT2D eigenvalue weighted by atomic mass is 10.0. The van der Waals surface area contributed by atoms with Gasteiger partial charge in [0.15, 0.2) is 0 Å². The fourth-order valence-corrected chi connectivity index (χ4v) is 3.16. The summed E-state index contributed by atoms with van der Waals surface area (Å²) in [7, 11) is 0. The number of nitrogens with one attached hydrogen (secondary N) is 1. The second-order valence-electron chi connectivity index (χ2n) is 6.99. The van der Waals surface area contributed by atoms with E-state index in [1.807, 2.05) is 0 Å². The molecule has 1 amide bonds. The van der Waals surface area contributed by atoms with Crippen LogP contribution in [0.5, 0.6) is 0 Å². The van der Waals surface area contributed by atoms with E-state index in [-0.39, 0.29) is 12.3 Å². The molecule has 2 rings (SSSR count). The topological polar surface area (TPSA) is 66.4 Å². The van der Waals surface area contributed by atoms with Gasteiger partial charge in [0.2, 0.25) is 0 Å². The van der Waals surface area contributed by atoms with Gasteiger partial charge in [-0.05, 0) is 61.1 Å². The van der Waals surface area contributed by atoms with Crippen molar-refractivity contribution >= 4 is 23.5 Å². The first-order chi connectivity index (χ1) is 13.5. The number of carbonyl (C=O) groups excluding carboxylic acids is 1. The van der Waals surface area contributed by atoms with Crippen LogP contribution in [0.1, 0.15) is 60.0 Å². The van der Waals surface area contributed by atoms with Crippen LogP contribution in [0.4, 0.5) is 0 Å². The molecule has 0 radical (unpaired) electrons. The number of aryl methyl sites for hydroxylation is 1. The first-order valence-electron chi connectivity index (χ1n) is 9.88. The maximum Gasteiger partial charge on any atom is 0.303 e. The number of carboxylic acid groups (broad SMARTS) is 1. The summed E-state index contributed by atoms with van der Waals surface area (Å²) >= 11 is 5.83. The highest BCUT2D eigenvalue weighted by Gasteiger charge is 2.04. The van der Waals surface area contributed by atoms with Crippen LogP contribution in [-0.2, 0) is 17.6 Å². The molecular formula is C23H28ClNO3. The molecule has 2 N–H and O–H groups in total. The van der Waals surface area contributed by atoms with Crippen molar-refractivity contribution in [3.63, 3.8) is 0 Å². The number of rotatable bonds is 12. The van der Waals surface area contributed by atoms with E-state index in [1.165, 1.54) is 11.1 Å². The van der Waals surface area contributed by atoms with Crippen LogP contribution in [0, 0.1) is 0 Å². The quantitative estimate of drug-likeness (QED) is 0.475. The minimum atomic E-state index is -0.704. The molecule has 0 saturated carbocycles. The Balaban J connectivity index is 1.61. The Morgan fingerprint density at radius 3 is 2.00 bits per heavy atom. The highest BCUT2D eigenvalue weighted by Crippen LogP contribution is 2.12. The molecule has 5 heteroatoms. The molecule has 28 heavy (non-hydrogen) atoms. The average Bonchev–Trinajstić information content (AvgIpc) is 2.68. The number of carboxylic acids is 1. The van der Waals surface area contributed by atoms with Crippen LogP contribution in [0.15, 0.2) is 48.5 Å². The number of benzene rings is 2. The van der Waals surface area contributed by atoms with Crippen LogP contribution in [0.25, 0.3) is 0 Å². The molecule has 0 aliphatic rings. The lowest BCUT2D eigenvalue weighted by Crippen LogP contribution is -2.25. The van der Waals surface area contributed by atoms with E-state index < -0.39 is 5.97 Å². The molecule has 0 aliphatic carbocycles. The van der Waals surface area contributed by atoms with E-state index >= 15 is 0 Å². The van der Waals surface area contributed by atoms with Crippen molar-refractivity contribution in [1.29, 1.82) is 0 Å². The third-order valence-corrected chi connectivity index (χ3v) is 4.94. The Morgan fingerprint density at radius 1 is 0.786 bits per heavy atom. The highest BCUT2D eigenvalue weighted by molar-refractivity contribution is 6.30. The van der Waals surface area contributed by atoms with Crippen molar-refractivity contribution in [3.05, 3.63) is 70.2 Å². The Morgan fingerprint density at radius 2 is 1.36 bits per heavy atom. The lowest BCUT2D eigenvalue weighted by Gasteiger charge is -2.07. The Labute approximate surface area is 171 Å². The van der Waals surface area contributed by atoms with Crippen molar-refractivity contribution in [2.45, 2.75) is 51.4 Å². The summed E-state index contributed by atoms with van der Waals surface area (Å²) in [6.07, 6.45) is 7.25. The van der Waals surface area contributed by atoms with Gasteiger partial charge in [-0.1, -0.05) is 55.1 Å². The largest absolute Gasteiger partial charge is 0.481 e. The average molecular weight is 402 g/mol. The monoisotopic (exact) mass is 401 g/mol. The van der Waals surface area contributed by atoms with Gasteiger partial charge in [-0.3, -0.25) is 9.59 Å². The zero-order valence-corrected chi connectivity index (χ0v) is 16.9. The maximum atomic E-state index is 12.1. The minimum absolute atomic E-state index is 0.0864. The summed E-state index contributed by atoms with van der Waals surface area (Å²) in [6, 6.07) is 15.4. The number of hydrogen-bond donors (Lipinski definition) is 2. The van der Waals surface area contributed by atoms with Crippen molar-refractivity contribution < 1.29 is 14.7 Å². The van der Waals surface area contributed by atoms with Crippen LogP contribution in [-0.4, -0.2) is 23.5 Å². The number of hydrogen-bond acceptors (Lipinski definition) is 2. The second-order valence-corrected chi connectivity index (χ2v) is 7.43. The molecule has 150 valence electrons. The van der Waals surface area contributed by atoms with E-state index in [1.54, 1.807) is 24.3 Å². The number of amides is 1. The molecule has 0 bridgehead atoms. The van der Waals surface area contributed by atoms with E-state index in [9.17, 15) is 9.59 Å². The predicted molar refractivity (Wildman–Crippen MR) is 113 cm³/mol. The number of unbranched alkanes of at least 4 members (excludes halogenated alkanes) is 4. The maximum absolute atomic E-state index is 12.1. The van der Waals surface area contributed by atoms with Gasteiger partial charge >= 0.3 is 5.97 Å². The Bertz CT molecular complexity index is 741. The summed E-state index contributed by atoms with van der Waals surface area (Å²) in [5, 5.41) is 12.2. The Hall–Kier alpha value is -2.33. The predicted octanol–water partition coefficient (Wildman–Crippen LogP) is 5.28. The van der Waals surface area contributed by atoms with Crippen molar-refractivity contribution in [3.8, 4) is 0 Å². The van der Waals surface area contributed by atoms with Gasteiger partial charge in [0.25, 0.3) is 5.91 Å². The summed E-state index contributed by atoms with van der Waals surface area (Å²) < 4.78 is 0. The zero-order chi connectivity index (χ0) is 20.2. The standard InChI is InChI=1S/C23H28ClNO3/c24-21-14-12-20(13-15-21)23(28)25-17-16-19-10-8-18(9-11-19)6-4-2-1-3-5-7-22(26)27/h8-15H,1-7,16-17H2,(H,25,28)(H,26,27). The molecule has 4 nitrogen and oxygen atoms in total. The molecule has 2 aromatic rings. The molecule has 2 aromatic carbocycles. The van der Waals surface area contributed by atoms with Gasteiger partial charge in [-0.15, -0.1) is 0 Å². The van der Waals surface area contributed by atoms with E-state index in [4.69, 9.17) is 16.7 Å². The molecule has 0 aliphatic heterocycles. The lowest BCUT2D eigenvalue weighted by molar-refractivity contribution is -0.137. The first-order valence-corrected chi connectivity index (χ1v) is 10.3. The fraction of sp³-hybridized carbons (Fsp3) is 0.391. The van der Waals surface area contributed by atoms with Gasteiger partial charge in [0.1, 0.15) is 0 Å². The molecule has 0 saturated heterocycles. The van der Waals surface area contributed by atoms with Crippen molar-refractivity contribution in [2.75, 3.05) is 6.54 Å². The van der Waals surface area contributed by atoms with Crippen LogP contribution < -0.4 is 5.32 Å². The molecule has 0 atom stereocenters. The molecular weight excluding hydrogens is 374 g/mol. The normalized spacial score (nSPS) is 10.6. The molecule has 0 unspecified atom stereocenters. The van der Waals surface area contributed by atoms with Gasteiger partial charge in [-0.25, -0.2) is 0 Å². The fourth-order valence-electron chi connectivity index (χ4n) is 3.03. The number of aliphatic carboxylic acids is 1. The minimum Gasteiger partial charge on any atom is -0.481 e. The van der Waals surface area contributed by atoms with Gasteiger partial charge in [0.05, 0.1) is 0 Å². The van der Waals surface area contributed by atoms with Crippen LogP contribution in [0.3, 0.4) is 0 Å². The number of carbonyl (C=O) groups is 2. The third-order valence-electron chi connectivity index (χ3n) is 4.68. The van der Waals surface area contributed by atoms with Crippen LogP contribution in [0.2, 0.25) is 5.02 Å². The van der Waals surface area contributed by atoms with E-state index in [0.717, 1.165) is 44.9 Å². The van der Waals surface area contributed by atoms with Gasteiger partial charge < -0.3 is 10.4 Å². The molecule has 0 aromatic heterocycles. The summed E-state index contributed by atoms with van der Waals surface area (Å²) in [4.78, 5) is 22.5. The van der Waals surface area contributed by atoms with Crippen LogP contribution >= 0.6 is 11.6 Å². The summed E-state index contributed by atoms with van der Waals surface area (Å²) in [5.74, 6) is -0.790. The first kappa shape index (κ1) is 22.0. The smallest absolute Gasteiger partial charge is 0.303 e. The summed E-state index contributed by atoms with van der Waals surface area (Å²) in [5.41, 5.74) is 3.14.